The van der Waals surface area contributed by atoms with Crippen LogP contribution in [0.15, 0.2) is 182 Å². The smallest absolute Gasteiger partial charge is 0.253 e. The minimum Gasteiger partial charge on any atom is -0.348 e. The first-order chi connectivity index (χ1) is 30.0. The maximum atomic E-state index is 15.3. The van der Waals surface area contributed by atoms with Gasteiger partial charge < -0.3 is 5.32 Å². The lowest BCUT2D eigenvalue weighted by Crippen LogP contribution is -2.47. The largest absolute Gasteiger partial charge is 0.348 e. The summed E-state index contributed by atoms with van der Waals surface area (Å²) < 4.78 is 0. The molecule has 0 fully saturated rings. The van der Waals surface area contributed by atoms with E-state index in [4.69, 9.17) is 81.2 Å². The second-order valence-electron chi connectivity index (χ2n) is 15.4. The standard InChI is InChI=1S/C53H38Cl7NO/c54-39-18-5-33(6-19-39)47(34-7-20-40(55)21-8-34)31-48(49(35-9-22-41(56)23-10-35)36-11-24-42(57)25-12-36)52(61-53(62)46-30-17-32-3-1-2-4-45(32)51(46)60)50(37-13-26-43(58)27-14-37)38-15-28-44(59)29-16-38/h1-30,47-50,52H,31H2,(H,61,62). The summed E-state index contributed by atoms with van der Waals surface area (Å²) in [4.78, 5) is 15.3. The number of fused-ring (bicyclic) bond motifs is 1. The summed E-state index contributed by atoms with van der Waals surface area (Å²) in [5.41, 5.74) is 6.34. The number of rotatable bonds is 13. The second kappa shape index (κ2) is 19.9. The van der Waals surface area contributed by atoms with Crippen LogP contribution in [-0.2, 0) is 0 Å². The molecular formula is C53H38Cl7NO. The zero-order valence-corrected chi connectivity index (χ0v) is 38.3. The van der Waals surface area contributed by atoms with Crippen molar-refractivity contribution in [1.29, 1.82) is 0 Å². The summed E-state index contributed by atoms with van der Waals surface area (Å²) in [5.74, 6) is -1.64. The topological polar surface area (TPSA) is 29.1 Å². The highest BCUT2D eigenvalue weighted by Gasteiger charge is 2.41. The van der Waals surface area contributed by atoms with Crippen LogP contribution in [0.3, 0.4) is 0 Å². The van der Waals surface area contributed by atoms with E-state index >= 15 is 4.79 Å². The van der Waals surface area contributed by atoms with Crippen LogP contribution in [0, 0.1) is 5.92 Å². The van der Waals surface area contributed by atoms with Gasteiger partial charge in [-0.3, -0.25) is 4.79 Å². The van der Waals surface area contributed by atoms with Crippen LogP contribution < -0.4 is 5.32 Å². The first-order valence-electron chi connectivity index (χ1n) is 20.0. The van der Waals surface area contributed by atoms with Gasteiger partial charge in [-0.25, -0.2) is 0 Å². The van der Waals surface area contributed by atoms with Crippen LogP contribution in [0.1, 0.15) is 67.9 Å². The van der Waals surface area contributed by atoms with E-state index in [2.05, 4.69) is 53.8 Å². The average molecular weight is 953 g/mol. The van der Waals surface area contributed by atoms with Crippen molar-refractivity contribution in [2.75, 3.05) is 0 Å². The third kappa shape index (κ3) is 10.1. The van der Waals surface area contributed by atoms with E-state index in [1.54, 1.807) is 6.07 Å². The van der Waals surface area contributed by atoms with Crippen molar-refractivity contribution in [2.24, 2.45) is 5.92 Å². The molecule has 0 spiro atoms. The monoisotopic (exact) mass is 949 g/mol. The molecule has 0 aliphatic carbocycles. The zero-order chi connectivity index (χ0) is 43.3. The Morgan fingerprint density at radius 1 is 0.403 bits per heavy atom. The summed E-state index contributed by atoms with van der Waals surface area (Å²) in [5, 5.41) is 9.40. The van der Waals surface area contributed by atoms with Crippen LogP contribution in [0.25, 0.3) is 10.8 Å². The van der Waals surface area contributed by atoms with Crippen LogP contribution in [0.4, 0.5) is 0 Å². The Hall–Kier alpha value is -4.48. The van der Waals surface area contributed by atoms with Gasteiger partial charge in [0, 0.05) is 59.3 Å². The number of carbonyl (C=O) groups excluding carboxylic acids is 1. The molecule has 310 valence electrons. The summed E-state index contributed by atoms with van der Waals surface area (Å²) in [6.07, 6.45) is 0.535. The van der Waals surface area contributed by atoms with Gasteiger partial charge >= 0.3 is 0 Å². The fourth-order valence-electron chi connectivity index (χ4n) is 8.67. The zero-order valence-electron chi connectivity index (χ0n) is 33.0. The van der Waals surface area contributed by atoms with Crippen molar-refractivity contribution >= 4 is 97.9 Å². The molecule has 0 aromatic heterocycles. The average Bonchev–Trinajstić information content (AvgIpc) is 3.28. The normalized spacial score (nSPS) is 12.5. The van der Waals surface area contributed by atoms with E-state index in [1.807, 2.05) is 127 Å². The molecule has 1 amide bonds. The van der Waals surface area contributed by atoms with Crippen LogP contribution in [-0.4, -0.2) is 11.9 Å². The maximum absolute atomic E-state index is 15.3. The van der Waals surface area contributed by atoms with Gasteiger partial charge in [0.25, 0.3) is 5.91 Å². The number of halogens is 7. The van der Waals surface area contributed by atoms with Crippen LogP contribution in [0.5, 0.6) is 0 Å². The number of hydrogen-bond acceptors (Lipinski definition) is 1. The molecule has 2 unspecified atom stereocenters. The molecule has 1 N–H and O–H groups in total. The van der Waals surface area contributed by atoms with Gasteiger partial charge in [0.15, 0.2) is 0 Å². The third-order valence-electron chi connectivity index (χ3n) is 11.6. The highest BCUT2D eigenvalue weighted by atomic mass is 35.5. The molecule has 0 aliphatic rings. The Kier molecular flexibility index (Phi) is 14.2. The molecule has 0 bridgehead atoms. The predicted octanol–water partition coefficient (Wildman–Crippen LogP) is 17.0. The number of benzene rings is 8. The Morgan fingerprint density at radius 2 is 0.758 bits per heavy atom. The summed E-state index contributed by atoms with van der Waals surface area (Å²) >= 11 is 46.6. The van der Waals surface area contributed by atoms with E-state index in [-0.39, 0.29) is 23.7 Å². The molecule has 0 saturated heterocycles. The molecule has 0 saturated carbocycles. The summed E-state index contributed by atoms with van der Waals surface area (Å²) in [6.45, 7) is 0. The number of amides is 1. The number of carbonyl (C=O) groups is 1. The molecule has 8 aromatic carbocycles. The molecule has 0 aliphatic heterocycles. The molecule has 9 heteroatoms. The van der Waals surface area contributed by atoms with Crippen molar-refractivity contribution in [1.82, 2.24) is 5.32 Å². The SMILES string of the molecule is O=C(NC(C(c1ccc(Cl)cc1)c1ccc(Cl)cc1)C(CC(c1ccc(Cl)cc1)c1ccc(Cl)cc1)C(c1ccc(Cl)cc1)c1ccc(Cl)cc1)c1ccc2ccccc2c1Cl. The highest BCUT2D eigenvalue weighted by Crippen LogP contribution is 2.47. The minimum atomic E-state index is -0.620. The first kappa shape index (κ1) is 44.1. The van der Waals surface area contributed by atoms with Gasteiger partial charge in [0.05, 0.1) is 10.6 Å². The van der Waals surface area contributed by atoms with Gasteiger partial charge in [-0.2, -0.15) is 0 Å². The van der Waals surface area contributed by atoms with E-state index < -0.39 is 12.0 Å². The van der Waals surface area contributed by atoms with Gasteiger partial charge in [0.2, 0.25) is 0 Å². The van der Waals surface area contributed by atoms with E-state index in [9.17, 15) is 0 Å². The van der Waals surface area contributed by atoms with E-state index in [0.29, 0.717) is 47.1 Å². The predicted molar refractivity (Wildman–Crippen MR) is 263 cm³/mol. The lowest BCUT2D eigenvalue weighted by Gasteiger charge is -2.42. The lowest BCUT2D eigenvalue weighted by molar-refractivity contribution is 0.0909. The fourth-order valence-corrected chi connectivity index (χ4v) is 9.74. The highest BCUT2D eigenvalue weighted by molar-refractivity contribution is 6.38. The van der Waals surface area contributed by atoms with Crippen molar-refractivity contribution in [2.45, 2.75) is 30.2 Å². The van der Waals surface area contributed by atoms with Crippen molar-refractivity contribution in [3.05, 3.63) is 256 Å². The molecule has 8 aromatic rings. The quantitative estimate of drug-likeness (QED) is 0.123. The van der Waals surface area contributed by atoms with Crippen molar-refractivity contribution < 1.29 is 4.79 Å². The third-order valence-corrected chi connectivity index (χ3v) is 13.5. The van der Waals surface area contributed by atoms with Gasteiger partial charge in [-0.05, 0) is 130 Å². The lowest BCUT2D eigenvalue weighted by atomic mass is 9.66. The summed E-state index contributed by atoms with van der Waals surface area (Å²) in [6, 6.07) is 58.3. The first-order valence-corrected chi connectivity index (χ1v) is 22.7. The minimum absolute atomic E-state index is 0.198. The summed E-state index contributed by atoms with van der Waals surface area (Å²) in [7, 11) is 0. The van der Waals surface area contributed by atoms with E-state index in [1.165, 1.54) is 0 Å². The molecule has 2 nitrogen and oxygen atoms in total. The van der Waals surface area contributed by atoms with Gasteiger partial charge in [-0.15, -0.1) is 0 Å². The molecular weight excluding hydrogens is 915 g/mol. The van der Waals surface area contributed by atoms with Gasteiger partial charge in [-0.1, -0.05) is 184 Å². The Labute approximate surface area is 397 Å². The molecule has 62 heavy (non-hydrogen) atoms. The number of nitrogens with one attached hydrogen (secondary N) is 1. The molecule has 0 heterocycles. The number of hydrogen-bond donors (Lipinski definition) is 1. The van der Waals surface area contributed by atoms with Crippen LogP contribution in [0.2, 0.25) is 35.2 Å². The van der Waals surface area contributed by atoms with Crippen molar-refractivity contribution in [3.63, 3.8) is 0 Å². The fraction of sp³-hybridized carbons (Fsp3) is 0.113. The van der Waals surface area contributed by atoms with E-state index in [0.717, 1.165) is 44.2 Å². The Bertz CT molecular complexity index is 2640. The second-order valence-corrected chi connectivity index (χ2v) is 18.4. The van der Waals surface area contributed by atoms with Crippen molar-refractivity contribution in [3.8, 4) is 0 Å². The Morgan fingerprint density at radius 3 is 1.16 bits per heavy atom. The van der Waals surface area contributed by atoms with Gasteiger partial charge in [0.1, 0.15) is 0 Å². The molecule has 0 radical (unpaired) electrons. The molecule has 2 atom stereocenters. The van der Waals surface area contributed by atoms with Crippen LogP contribution >= 0.6 is 81.2 Å². The Balaban J connectivity index is 1.42. The molecule has 8 rings (SSSR count). The maximum Gasteiger partial charge on any atom is 0.253 e.